The topological polar surface area (TPSA) is 29.3 Å². The van der Waals surface area contributed by atoms with Gasteiger partial charge in [-0.1, -0.05) is 13.0 Å². The van der Waals surface area contributed by atoms with E-state index in [0.29, 0.717) is 17.0 Å². The third-order valence-corrected chi connectivity index (χ3v) is 4.53. The van der Waals surface area contributed by atoms with Gasteiger partial charge in [0.15, 0.2) is 0 Å². The van der Waals surface area contributed by atoms with Crippen molar-refractivity contribution >= 4 is 12.1 Å². The number of nitrogens with zero attached hydrogens (tertiary/aromatic N) is 1. The summed E-state index contributed by atoms with van der Waals surface area (Å²) < 4.78 is 26.9. The highest BCUT2D eigenvalue weighted by Gasteiger charge is 2.45. The first-order valence-electron chi connectivity index (χ1n) is 6.76. The van der Waals surface area contributed by atoms with Crippen molar-refractivity contribution < 1.29 is 8.28 Å². The monoisotopic (exact) mass is 298 g/mol. The molecule has 0 aliphatic carbocycles. The molecule has 1 aromatic carbocycles. The van der Waals surface area contributed by atoms with E-state index in [2.05, 4.69) is 18.4 Å². The van der Waals surface area contributed by atoms with Crippen molar-refractivity contribution in [3.63, 3.8) is 0 Å². The van der Waals surface area contributed by atoms with Gasteiger partial charge in [-0.25, -0.2) is 4.39 Å². The van der Waals surface area contributed by atoms with E-state index in [9.17, 15) is 8.28 Å². The van der Waals surface area contributed by atoms with Crippen molar-refractivity contribution in [2.24, 2.45) is 11.7 Å². The molecule has 2 nitrogen and oxygen atoms in total. The predicted octanol–water partition coefficient (Wildman–Crippen LogP) is 3.48. The number of rotatable bonds is 5. The molecule has 0 aromatic heterocycles. The predicted molar refractivity (Wildman–Crippen MR) is 79.6 cm³/mol. The van der Waals surface area contributed by atoms with E-state index in [4.69, 9.17) is 5.73 Å². The number of hydrogen-bond donors (Lipinski definition) is 1. The minimum absolute atomic E-state index is 0.117. The lowest BCUT2D eigenvalue weighted by Crippen LogP contribution is -2.45. The van der Waals surface area contributed by atoms with Crippen LogP contribution in [0, 0.1) is 11.7 Å². The van der Waals surface area contributed by atoms with Gasteiger partial charge in [-0.15, -0.1) is 6.58 Å². The van der Waals surface area contributed by atoms with Crippen molar-refractivity contribution in [2.75, 3.05) is 19.6 Å². The van der Waals surface area contributed by atoms with Crippen molar-refractivity contribution in [2.45, 2.75) is 23.8 Å². The molecule has 2 rings (SSSR count). The summed E-state index contributed by atoms with van der Waals surface area (Å²) >= 11 is 0.117. The molecule has 1 aliphatic rings. The molecule has 1 saturated heterocycles. The van der Waals surface area contributed by atoms with Gasteiger partial charge >= 0.3 is 0 Å². The van der Waals surface area contributed by atoms with Crippen molar-refractivity contribution in [1.82, 2.24) is 4.90 Å². The first-order chi connectivity index (χ1) is 9.55. The van der Waals surface area contributed by atoms with E-state index in [0.717, 1.165) is 19.5 Å². The van der Waals surface area contributed by atoms with Gasteiger partial charge in [0.1, 0.15) is 5.82 Å². The molecule has 110 valence electrons. The maximum absolute atomic E-state index is 14.2. The van der Waals surface area contributed by atoms with Crippen LogP contribution in [0.15, 0.2) is 35.7 Å². The van der Waals surface area contributed by atoms with Gasteiger partial charge in [0.25, 0.3) is 0 Å². The summed E-state index contributed by atoms with van der Waals surface area (Å²) in [4.78, 5) is 2.55. The highest BCUT2D eigenvalue weighted by atomic mass is 32.2. The maximum atomic E-state index is 14.2. The van der Waals surface area contributed by atoms with Gasteiger partial charge in [0, 0.05) is 30.1 Å². The highest BCUT2D eigenvalue weighted by molar-refractivity contribution is 7.94. The zero-order valence-corrected chi connectivity index (χ0v) is 12.4. The van der Waals surface area contributed by atoms with E-state index in [1.165, 1.54) is 12.1 Å². The molecule has 2 N–H and O–H groups in total. The third-order valence-electron chi connectivity index (χ3n) is 4.10. The minimum atomic E-state index is -0.770. The quantitative estimate of drug-likeness (QED) is 0.844. The fourth-order valence-electron chi connectivity index (χ4n) is 3.07. The smallest absolute Gasteiger partial charge is 0.128 e. The van der Waals surface area contributed by atoms with Crippen LogP contribution in [-0.2, 0) is 5.54 Å². The molecule has 1 aromatic rings. The summed E-state index contributed by atoms with van der Waals surface area (Å²) in [6.07, 6.45) is 2.68. The van der Waals surface area contributed by atoms with Crippen molar-refractivity contribution in [3.8, 4) is 0 Å². The fraction of sp³-hybridized carbons (Fsp3) is 0.467. The van der Waals surface area contributed by atoms with E-state index >= 15 is 0 Å². The van der Waals surface area contributed by atoms with Crippen LogP contribution in [0.5, 0.6) is 0 Å². The van der Waals surface area contributed by atoms with Crippen LogP contribution in [-0.4, -0.2) is 24.5 Å². The molecule has 2 atom stereocenters. The standard InChI is InChI=1S/C15H20F2N2S/c1-3-7-19-9-11(4-2)15(18,10-19)13-8-12(20-17)5-6-14(13)16/h3,5-6,8,11H,1,4,7,9-10,18H2,2H3. The molecule has 2 unspecified atom stereocenters. The number of nitrogens with two attached hydrogens (primary N) is 1. The number of likely N-dealkylation sites (tertiary alicyclic amines) is 1. The largest absolute Gasteiger partial charge is 0.320 e. The Kier molecular flexibility index (Phi) is 4.83. The highest BCUT2D eigenvalue weighted by Crippen LogP contribution is 2.39. The van der Waals surface area contributed by atoms with Gasteiger partial charge in [-0.2, -0.15) is 3.89 Å². The van der Waals surface area contributed by atoms with Crippen LogP contribution < -0.4 is 5.73 Å². The second kappa shape index (κ2) is 6.24. The SMILES string of the molecule is C=CCN1CC(CC)C(N)(c2cc(SF)ccc2F)C1. The van der Waals surface area contributed by atoms with Gasteiger partial charge < -0.3 is 5.73 Å². The van der Waals surface area contributed by atoms with Crippen LogP contribution in [0.2, 0.25) is 0 Å². The number of hydrogen-bond acceptors (Lipinski definition) is 3. The van der Waals surface area contributed by atoms with Crippen molar-refractivity contribution in [3.05, 3.63) is 42.2 Å². The molecule has 0 radical (unpaired) electrons. The summed E-state index contributed by atoms with van der Waals surface area (Å²) in [5.74, 6) is -0.207. The van der Waals surface area contributed by atoms with Crippen LogP contribution >= 0.6 is 12.1 Å². The first kappa shape index (κ1) is 15.5. The Bertz CT molecular complexity index is 495. The first-order valence-corrected chi connectivity index (χ1v) is 7.47. The zero-order valence-electron chi connectivity index (χ0n) is 11.6. The molecule has 1 heterocycles. The minimum Gasteiger partial charge on any atom is -0.320 e. The van der Waals surface area contributed by atoms with Crippen LogP contribution in [0.1, 0.15) is 18.9 Å². The van der Waals surface area contributed by atoms with E-state index in [1.807, 2.05) is 6.08 Å². The lowest BCUT2D eigenvalue weighted by molar-refractivity contribution is 0.323. The Morgan fingerprint density at radius 2 is 2.35 bits per heavy atom. The third kappa shape index (κ3) is 2.75. The second-order valence-corrected chi connectivity index (χ2v) is 5.97. The van der Waals surface area contributed by atoms with Crippen LogP contribution in [0.4, 0.5) is 8.28 Å². The molecule has 20 heavy (non-hydrogen) atoms. The normalized spacial score (nSPS) is 26.9. The summed E-state index contributed by atoms with van der Waals surface area (Å²) in [7, 11) is 0. The summed E-state index contributed by atoms with van der Waals surface area (Å²) in [5.41, 5.74) is 6.18. The molecular formula is C15H20F2N2S. The van der Waals surface area contributed by atoms with Gasteiger partial charge in [-0.3, -0.25) is 4.90 Å². The Hall–Kier alpha value is -0.910. The molecule has 5 heteroatoms. The second-order valence-electron chi connectivity index (χ2n) is 5.35. The average Bonchev–Trinajstić information content (AvgIpc) is 2.77. The Morgan fingerprint density at radius 1 is 1.60 bits per heavy atom. The van der Waals surface area contributed by atoms with E-state index in [-0.39, 0.29) is 23.9 Å². The Labute approximate surface area is 123 Å². The number of halogens is 2. The van der Waals surface area contributed by atoms with E-state index < -0.39 is 5.54 Å². The Morgan fingerprint density at radius 3 is 2.95 bits per heavy atom. The van der Waals surface area contributed by atoms with Crippen molar-refractivity contribution in [1.29, 1.82) is 0 Å². The lowest BCUT2D eigenvalue weighted by atomic mass is 9.80. The summed E-state index contributed by atoms with van der Waals surface area (Å²) in [6, 6.07) is 4.28. The molecule has 0 spiro atoms. The zero-order chi connectivity index (χ0) is 14.8. The summed E-state index contributed by atoms with van der Waals surface area (Å²) in [5, 5.41) is 0. The lowest BCUT2D eigenvalue weighted by Gasteiger charge is -2.31. The Balaban J connectivity index is 2.39. The molecule has 0 saturated carbocycles. The van der Waals surface area contributed by atoms with Crippen LogP contribution in [0.3, 0.4) is 0 Å². The van der Waals surface area contributed by atoms with E-state index in [1.54, 1.807) is 6.07 Å². The maximum Gasteiger partial charge on any atom is 0.128 e. The average molecular weight is 298 g/mol. The fourth-order valence-corrected chi connectivity index (χ4v) is 3.35. The molecule has 0 amide bonds. The molecular weight excluding hydrogens is 278 g/mol. The van der Waals surface area contributed by atoms with Gasteiger partial charge in [0.2, 0.25) is 0 Å². The van der Waals surface area contributed by atoms with Gasteiger partial charge in [-0.05, 0) is 30.5 Å². The molecule has 0 bridgehead atoms. The van der Waals surface area contributed by atoms with Crippen LogP contribution in [0.25, 0.3) is 0 Å². The molecule has 1 fully saturated rings. The van der Waals surface area contributed by atoms with Gasteiger partial charge in [0.05, 0.1) is 17.7 Å². The number of benzene rings is 1. The molecule has 1 aliphatic heterocycles. The summed E-state index contributed by atoms with van der Waals surface area (Å²) in [6.45, 7) is 7.89.